The number of piperidine rings is 1. The van der Waals surface area contributed by atoms with Crippen LogP contribution in [0.3, 0.4) is 0 Å². The van der Waals surface area contributed by atoms with Crippen LogP contribution in [0.4, 0.5) is 17.1 Å². The number of anilines is 3. The number of benzene rings is 2. The minimum atomic E-state index is -3.71. The maximum Gasteiger partial charge on any atom is 0.257 e. The molecule has 3 heterocycles. The van der Waals surface area contributed by atoms with Gasteiger partial charge in [0.25, 0.3) is 5.91 Å². The van der Waals surface area contributed by atoms with Crippen molar-refractivity contribution < 1.29 is 23.1 Å². The fraction of sp³-hybridized carbons (Fsp3) is 0.429. The van der Waals surface area contributed by atoms with Gasteiger partial charge in [0.05, 0.1) is 59.3 Å². The lowest BCUT2D eigenvalue weighted by molar-refractivity contribution is 0.0865. The molecule has 39 heavy (non-hydrogen) atoms. The van der Waals surface area contributed by atoms with Gasteiger partial charge in [-0.3, -0.25) is 9.52 Å². The maximum atomic E-state index is 13.8. The van der Waals surface area contributed by atoms with Gasteiger partial charge in [-0.25, -0.2) is 8.42 Å². The van der Waals surface area contributed by atoms with E-state index >= 15 is 0 Å². The molecule has 10 nitrogen and oxygen atoms in total. The minimum absolute atomic E-state index is 0.312. The molecule has 1 amide bonds. The number of aliphatic hydroxyl groups is 1. The summed E-state index contributed by atoms with van der Waals surface area (Å²) >= 11 is 0. The maximum absolute atomic E-state index is 13.8. The Labute approximate surface area is 227 Å². The van der Waals surface area contributed by atoms with Crippen LogP contribution in [0.1, 0.15) is 47.3 Å². The van der Waals surface area contributed by atoms with Gasteiger partial charge in [0.1, 0.15) is 6.07 Å². The molecule has 2 aliphatic heterocycles. The molecule has 2 aromatic carbocycles. The van der Waals surface area contributed by atoms with E-state index in [2.05, 4.69) is 25.6 Å². The van der Waals surface area contributed by atoms with E-state index in [1.165, 1.54) is 12.8 Å². The van der Waals surface area contributed by atoms with Crippen molar-refractivity contribution in [3.05, 3.63) is 53.2 Å². The number of aliphatic hydroxyl groups excluding tert-OH is 1. The number of nitrogens with one attached hydrogen (secondary N) is 2. The molecule has 1 saturated heterocycles. The summed E-state index contributed by atoms with van der Waals surface area (Å²) in [5.41, 5.74) is 4.78. The molecular weight excluding hydrogens is 518 g/mol. The quantitative estimate of drug-likeness (QED) is 0.411. The van der Waals surface area contributed by atoms with Crippen molar-refractivity contribution >= 4 is 43.9 Å². The molecule has 3 aliphatic rings. The number of sulfonamides is 1. The van der Waals surface area contributed by atoms with E-state index in [-0.39, 0.29) is 5.91 Å². The third-order valence-corrected chi connectivity index (χ3v) is 9.49. The van der Waals surface area contributed by atoms with Crippen LogP contribution >= 0.6 is 0 Å². The summed E-state index contributed by atoms with van der Waals surface area (Å²) in [6.07, 6.45) is 4.58. The van der Waals surface area contributed by atoms with Gasteiger partial charge in [-0.05, 0) is 67.5 Å². The van der Waals surface area contributed by atoms with Crippen LogP contribution in [0.15, 0.2) is 36.4 Å². The molecule has 1 saturated carbocycles. The molecule has 0 atom stereocenters. The number of ether oxygens (including phenoxy) is 1. The lowest BCUT2D eigenvalue weighted by atomic mass is 9.93. The molecule has 3 aromatic rings. The summed E-state index contributed by atoms with van der Waals surface area (Å²) < 4.78 is 34.8. The number of nitrogens with zero attached hydrogens (tertiary/aromatic N) is 3. The second kappa shape index (κ2) is 9.86. The highest BCUT2D eigenvalue weighted by Crippen LogP contribution is 2.54. The van der Waals surface area contributed by atoms with Gasteiger partial charge < -0.3 is 24.6 Å². The van der Waals surface area contributed by atoms with Crippen molar-refractivity contribution in [1.29, 1.82) is 5.26 Å². The van der Waals surface area contributed by atoms with Crippen molar-refractivity contribution in [3.8, 4) is 6.07 Å². The lowest BCUT2D eigenvalue weighted by Gasteiger charge is -2.35. The Morgan fingerprint density at radius 3 is 2.62 bits per heavy atom. The monoisotopic (exact) mass is 549 g/mol. The van der Waals surface area contributed by atoms with E-state index in [1.54, 1.807) is 30.3 Å². The lowest BCUT2D eigenvalue weighted by Crippen LogP contribution is -2.35. The molecule has 2 fully saturated rings. The first kappa shape index (κ1) is 25.7. The number of amides is 1. The van der Waals surface area contributed by atoms with Crippen LogP contribution in [-0.4, -0.2) is 56.1 Å². The Morgan fingerprint density at radius 1 is 1.10 bits per heavy atom. The summed E-state index contributed by atoms with van der Waals surface area (Å²) in [7, 11) is -3.71. The highest BCUT2D eigenvalue weighted by molar-refractivity contribution is 7.92. The largest absolute Gasteiger partial charge is 0.395 e. The number of carbonyl (C=O) groups is 1. The summed E-state index contributed by atoms with van der Waals surface area (Å²) in [5, 5.41) is 22.7. The van der Waals surface area contributed by atoms with Crippen molar-refractivity contribution in [2.45, 2.75) is 38.8 Å². The standard InChI is InChI=1S/C28H31N5O5S/c29-17-19-1-4-24(23-16-21-18-38-13-11-33(21)26(19)23)30-27(35)22-3-2-20(31-39(36,37)14-12-34)15-25(22)32-9-7-28(5-6-28)8-10-32/h1-4,15-16,31,34H,5-14,18H2,(H,30,35). The summed E-state index contributed by atoms with van der Waals surface area (Å²) in [6, 6.07) is 12.6. The second-order valence-electron chi connectivity index (χ2n) is 10.7. The summed E-state index contributed by atoms with van der Waals surface area (Å²) in [6.45, 7) is 2.75. The van der Waals surface area contributed by atoms with Gasteiger partial charge in [0.15, 0.2) is 0 Å². The Balaban J connectivity index is 1.35. The first-order chi connectivity index (χ1) is 18.8. The molecule has 0 unspecified atom stereocenters. The predicted molar refractivity (Wildman–Crippen MR) is 148 cm³/mol. The van der Waals surface area contributed by atoms with Crippen LogP contribution < -0.4 is 14.9 Å². The molecule has 204 valence electrons. The van der Waals surface area contributed by atoms with Crippen molar-refractivity contribution in [3.63, 3.8) is 0 Å². The molecule has 6 rings (SSSR count). The van der Waals surface area contributed by atoms with Gasteiger partial charge in [-0.2, -0.15) is 5.26 Å². The zero-order chi connectivity index (χ0) is 27.2. The Bertz CT molecular complexity index is 1590. The summed E-state index contributed by atoms with van der Waals surface area (Å²) in [5.74, 6) is -0.717. The van der Waals surface area contributed by atoms with Crippen molar-refractivity contribution in [1.82, 2.24) is 4.57 Å². The van der Waals surface area contributed by atoms with Crippen LogP contribution in [0, 0.1) is 16.7 Å². The number of hydrogen-bond acceptors (Lipinski definition) is 7. The second-order valence-corrected chi connectivity index (χ2v) is 12.5. The van der Waals surface area contributed by atoms with Gasteiger partial charge in [0.2, 0.25) is 10.0 Å². The Kier molecular flexibility index (Phi) is 6.49. The number of nitriles is 1. The van der Waals surface area contributed by atoms with E-state index in [0.717, 1.165) is 42.5 Å². The SMILES string of the molecule is N#Cc1ccc(NC(=O)c2ccc(NS(=O)(=O)CCO)cc2N2CCC3(CC2)CC3)c2cc3n(c12)CCOC3. The molecule has 1 aromatic heterocycles. The normalized spacial score (nSPS) is 18.0. The van der Waals surface area contributed by atoms with E-state index in [1.807, 2.05) is 6.07 Å². The number of hydrogen-bond donors (Lipinski definition) is 3. The highest BCUT2D eigenvalue weighted by Gasteiger charge is 2.44. The predicted octanol–water partition coefficient (Wildman–Crippen LogP) is 3.41. The van der Waals surface area contributed by atoms with Crippen LogP contribution in [0.25, 0.3) is 10.9 Å². The zero-order valence-corrected chi connectivity index (χ0v) is 22.4. The van der Waals surface area contributed by atoms with Crippen molar-refractivity contribution in [2.75, 3.05) is 47.0 Å². The van der Waals surface area contributed by atoms with E-state index < -0.39 is 22.4 Å². The Hall–Kier alpha value is -3.59. The fourth-order valence-corrected chi connectivity index (χ4v) is 6.66. The summed E-state index contributed by atoms with van der Waals surface area (Å²) in [4.78, 5) is 15.9. The third-order valence-electron chi connectivity index (χ3n) is 8.22. The molecule has 1 spiro atoms. The molecule has 0 bridgehead atoms. The molecule has 11 heteroatoms. The van der Waals surface area contributed by atoms with Gasteiger partial charge in [-0.15, -0.1) is 0 Å². The molecular formula is C28H31N5O5S. The third kappa shape index (κ3) is 4.95. The van der Waals surface area contributed by atoms with Gasteiger partial charge in [0, 0.05) is 30.7 Å². The minimum Gasteiger partial charge on any atom is -0.395 e. The number of rotatable bonds is 7. The molecule has 1 aliphatic carbocycles. The molecule has 3 N–H and O–H groups in total. The van der Waals surface area contributed by atoms with Gasteiger partial charge >= 0.3 is 0 Å². The Morgan fingerprint density at radius 2 is 1.90 bits per heavy atom. The highest BCUT2D eigenvalue weighted by atomic mass is 32.2. The zero-order valence-electron chi connectivity index (χ0n) is 21.6. The average molecular weight is 550 g/mol. The number of carbonyl (C=O) groups excluding carboxylic acids is 1. The van der Waals surface area contributed by atoms with E-state index in [9.17, 15) is 18.5 Å². The first-order valence-corrected chi connectivity index (χ1v) is 14.9. The van der Waals surface area contributed by atoms with E-state index in [0.29, 0.717) is 53.4 Å². The van der Waals surface area contributed by atoms with Crippen LogP contribution in [0.5, 0.6) is 0 Å². The van der Waals surface area contributed by atoms with Gasteiger partial charge in [-0.1, -0.05) is 0 Å². The number of aromatic nitrogens is 1. The fourth-order valence-electron chi connectivity index (χ4n) is 5.83. The van der Waals surface area contributed by atoms with Crippen LogP contribution in [0.2, 0.25) is 0 Å². The average Bonchev–Trinajstić information content (AvgIpc) is 3.56. The first-order valence-electron chi connectivity index (χ1n) is 13.3. The van der Waals surface area contributed by atoms with Crippen molar-refractivity contribution in [2.24, 2.45) is 5.41 Å². The molecule has 0 radical (unpaired) electrons. The topological polar surface area (TPSA) is 137 Å². The van der Waals surface area contributed by atoms with Crippen LogP contribution in [-0.2, 0) is 27.9 Å². The smallest absolute Gasteiger partial charge is 0.257 e. The number of fused-ring (bicyclic) bond motifs is 3. The van der Waals surface area contributed by atoms with E-state index in [4.69, 9.17) is 9.84 Å².